The predicted molar refractivity (Wildman–Crippen MR) is 75.4 cm³/mol. The zero-order valence-electron chi connectivity index (χ0n) is 11.7. The van der Waals surface area contributed by atoms with Gasteiger partial charge in [0, 0.05) is 31.1 Å². The highest BCUT2D eigenvalue weighted by Crippen LogP contribution is 2.41. The molecule has 1 aromatic carbocycles. The van der Waals surface area contributed by atoms with Crippen LogP contribution >= 0.6 is 0 Å². The van der Waals surface area contributed by atoms with E-state index in [1.807, 2.05) is 0 Å². The van der Waals surface area contributed by atoms with Crippen LogP contribution in [-0.2, 0) is 10.0 Å². The lowest BCUT2D eigenvalue weighted by Gasteiger charge is -2.32. The van der Waals surface area contributed by atoms with Crippen LogP contribution in [0.5, 0.6) is 0 Å². The van der Waals surface area contributed by atoms with Gasteiger partial charge in [0.05, 0.1) is 6.26 Å². The van der Waals surface area contributed by atoms with E-state index in [9.17, 15) is 17.2 Å². The van der Waals surface area contributed by atoms with Crippen LogP contribution < -0.4 is 5.32 Å². The maximum atomic E-state index is 14.1. The molecule has 0 spiro atoms. The highest BCUT2D eigenvalue weighted by atomic mass is 32.2. The molecule has 2 fully saturated rings. The summed E-state index contributed by atoms with van der Waals surface area (Å²) in [5.74, 6) is -1.43. The summed E-state index contributed by atoms with van der Waals surface area (Å²) >= 11 is 0. The Labute approximate surface area is 123 Å². The standard InChI is InChI=1S/C14H18F2N2O2S/c1-21(19,20)18-8-12(11-7-17-5-4-14(11)18)10-3-2-9(15)6-13(10)16/h2-3,6,11-12,14,17H,4-5,7-8H2,1H3/t11-,12-,14-/m1/s1. The summed E-state index contributed by atoms with van der Waals surface area (Å²) < 4.78 is 52.5. The van der Waals surface area contributed by atoms with Crippen molar-refractivity contribution in [1.29, 1.82) is 0 Å². The highest BCUT2D eigenvalue weighted by molar-refractivity contribution is 7.88. The fraction of sp³-hybridized carbons (Fsp3) is 0.571. The molecule has 0 aromatic heterocycles. The fourth-order valence-corrected chi connectivity index (χ4v) is 4.80. The first-order chi connectivity index (χ1) is 9.88. The summed E-state index contributed by atoms with van der Waals surface area (Å²) in [5, 5.41) is 3.24. The predicted octanol–water partition coefficient (Wildman–Crippen LogP) is 1.30. The molecule has 4 nitrogen and oxygen atoms in total. The third-order valence-electron chi connectivity index (χ3n) is 4.54. The number of sulfonamides is 1. The summed E-state index contributed by atoms with van der Waals surface area (Å²) in [4.78, 5) is 0. The minimum atomic E-state index is -3.33. The molecule has 0 aliphatic carbocycles. The van der Waals surface area contributed by atoms with Gasteiger partial charge < -0.3 is 5.32 Å². The Morgan fingerprint density at radius 2 is 2.10 bits per heavy atom. The summed E-state index contributed by atoms with van der Waals surface area (Å²) in [6.45, 7) is 1.67. The Morgan fingerprint density at radius 1 is 1.33 bits per heavy atom. The Bertz CT molecular complexity index is 650. The van der Waals surface area contributed by atoms with Crippen LogP contribution in [0.3, 0.4) is 0 Å². The van der Waals surface area contributed by atoms with Crippen LogP contribution in [0.1, 0.15) is 17.9 Å². The lowest BCUT2D eigenvalue weighted by atomic mass is 9.82. The molecule has 0 bridgehead atoms. The Balaban J connectivity index is 1.99. The fourth-order valence-electron chi connectivity index (χ4n) is 3.61. The summed E-state index contributed by atoms with van der Waals surface area (Å²) in [5.41, 5.74) is 0.404. The van der Waals surface area contributed by atoms with Crippen LogP contribution in [0.2, 0.25) is 0 Å². The molecule has 0 radical (unpaired) electrons. The summed E-state index contributed by atoms with van der Waals surface area (Å²) in [7, 11) is -3.33. The molecular weight excluding hydrogens is 298 g/mol. The molecule has 2 aliphatic heterocycles. The van der Waals surface area contributed by atoms with Crippen molar-refractivity contribution in [2.24, 2.45) is 5.92 Å². The molecule has 1 aromatic rings. The van der Waals surface area contributed by atoms with Crippen LogP contribution in [0.25, 0.3) is 0 Å². The van der Waals surface area contributed by atoms with E-state index in [0.29, 0.717) is 12.1 Å². The van der Waals surface area contributed by atoms with Gasteiger partial charge in [0.2, 0.25) is 10.0 Å². The average molecular weight is 316 g/mol. The van der Waals surface area contributed by atoms with E-state index >= 15 is 0 Å². The molecule has 2 saturated heterocycles. The SMILES string of the molecule is CS(=O)(=O)N1C[C@H](c2ccc(F)cc2F)[C@H]2CNCC[C@H]21. The highest BCUT2D eigenvalue weighted by Gasteiger charge is 2.47. The molecule has 21 heavy (non-hydrogen) atoms. The normalized spacial score (nSPS) is 30.3. The summed E-state index contributed by atoms with van der Waals surface area (Å²) in [6, 6.07) is 3.43. The number of nitrogens with one attached hydrogen (secondary N) is 1. The van der Waals surface area contributed by atoms with E-state index in [4.69, 9.17) is 0 Å². The van der Waals surface area contributed by atoms with Gasteiger partial charge >= 0.3 is 0 Å². The second-order valence-corrected chi connectivity index (χ2v) is 7.76. The van der Waals surface area contributed by atoms with Gasteiger partial charge in [0.15, 0.2) is 0 Å². The van der Waals surface area contributed by atoms with Crippen LogP contribution in [0.15, 0.2) is 18.2 Å². The quantitative estimate of drug-likeness (QED) is 0.895. The lowest BCUT2D eigenvalue weighted by molar-refractivity contribution is 0.268. The molecule has 0 saturated carbocycles. The van der Waals surface area contributed by atoms with Crippen LogP contribution in [0.4, 0.5) is 8.78 Å². The maximum absolute atomic E-state index is 14.1. The van der Waals surface area contributed by atoms with Crippen LogP contribution in [0, 0.1) is 17.6 Å². The molecule has 7 heteroatoms. The lowest BCUT2D eigenvalue weighted by Crippen LogP contribution is -2.45. The Morgan fingerprint density at radius 3 is 2.76 bits per heavy atom. The van der Waals surface area contributed by atoms with E-state index in [0.717, 1.165) is 19.0 Å². The first kappa shape index (κ1) is 14.9. The number of rotatable bonds is 2. The van der Waals surface area contributed by atoms with Gasteiger partial charge in [0.1, 0.15) is 11.6 Å². The van der Waals surface area contributed by atoms with Gasteiger partial charge in [-0.2, -0.15) is 4.31 Å². The molecular formula is C14H18F2N2O2S. The first-order valence-electron chi connectivity index (χ1n) is 7.00. The molecule has 2 aliphatic rings. The van der Waals surface area contributed by atoms with Gasteiger partial charge in [-0.3, -0.25) is 0 Å². The van der Waals surface area contributed by atoms with Crippen molar-refractivity contribution in [3.8, 4) is 0 Å². The number of hydrogen-bond donors (Lipinski definition) is 1. The first-order valence-corrected chi connectivity index (χ1v) is 8.85. The minimum Gasteiger partial charge on any atom is -0.316 e. The van der Waals surface area contributed by atoms with E-state index in [-0.39, 0.29) is 24.4 Å². The van der Waals surface area contributed by atoms with Gasteiger partial charge in [-0.1, -0.05) is 6.07 Å². The number of benzene rings is 1. The van der Waals surface area contributed by atoms with Crippen LogP contribution in [-0.4, -0.2) is 44.7 Å². The summed E-state index contributed by atoms with van der Waals surface area (Å²) in [6.07, 6.45) is 1.91. The van der Waals surface area contributed by atoms with Crippen molar-refractivity contribution >= 4 is 10.0 Å². The monoisotopic (exact) mass is 316 g/mol. The number of fused-ring (bicyclic) bond motifs is 1. The Hall–Kier alpha value is -1.05. The van der Waals surface area contributed by atoms with Gasteiger partial charge in [-0.05, 0) is 30.5 Å². The topological polar surface area (TPSA) is 49.4 Å². The second-order valence-electron chi connectivity index (χ2n) is 5.83. The Kier molecular flexibility index (Phi) is 3.75. The molecule has 1 N–H and O–H groups in total. The molecule has 0 unspecified atom stereocenters. The number of halogens is 2. The van der Waals surface area contributed by atoms with Crippen molar-refractivity contribution < 1.29 is 17.2 Å². The number of hydrogen-bond acceptors (Lipinski definition) is 3. The van der Waals surface area contributed by atoms with E-state index < -0.39 is 21.7 Å². The molecule has 3 rings (SSSR count). The zero-order valence-corrected chi connectivity index (χ0v) is 12.5. The van der Waals surface area contributed by atoms with Crippen molar-refractivity contribution in [1.82, 2.24) is 9.62 Å². The van der Waals surface area contributed by atoms with Gasteiger partial charge in [-0.15, -0.1) is 0 Å². The largest absolute Gasteiger partial charge is 0.316 e. The molecule has 116 valence electrons. The van der Waals surface area contributed by atoms with Crippen molar-refractivity contribution in [3.05, 3.63) is 35.4 Å². The average Bonchev–Trinajstić information content (AvgIpc) is 2.78. The minimum absolute atomic E-state index is 0.0217. The second kappa shape index (κ2) is 5.30. The number of nitrogens with zero attached hydrogens (tertiary/aromatic N) is 1. The smallest absolute Gasteiger partial charge is 0.211 e. The number of piperidine rings is 1. The van der Waals surface area contributed by atoms with Gasteiger partial charge in [-0.25, -0.2) is 17.2 Å². The molecule has 3 atom stereocenters. The van der Waals surface area contributed by atoms with Crippen molar-refractivity contribution in [2.75, 3.05) is 25.9 Å². The molecule has 2 heterocycles. The molecule has 0 amide bonds. The third-order valence-corrected chi connectivity index (χ3v) is 5.81. The van der Waals surface area contributed by atoms with E-state index in [2.05, 4.69) is 5.32 Å². The van der Waals surface area contributed by atoms with E-state index in [1.165, 1.54) is 22.7 Å². The maximum Gasteiger partial charge on any atom is 0.211 e. The van der Waals surface area contributed by atoms with Crippen molar-refractivity contribution in [3.63, 3.8) is 0 Å². The van der Waals surface area contributed by atoms with Crippen molar-refractivity contribution in [2.45, 2.75) is 18.4 Å². The third kappa shape index (κ3) is 2.69. The zero-order chi connectivity index (χ0) is 15.2. The van der Waals surface area contributed by atoms with E-state index in [1.54, 1.807) is 0 Å². The van der Waals surface area contributed by atoms with Gasteiger partial charge in [0.25, 0.3) is 0 Å².